The van der Waals surface area contributed by atoms with Crippen molar-refractivity contribution in [3.8, 4) is 0 Å². The summed E-state index contributed by atoms with van der Waals surface area (Å²) in [5.74, 6) is 0. The molecule has 0 aliphatic carbocycles. The molecule has 0 N–H and O–H groups in total. The van der Waals surface area contributed by atoms with Crippen molar-refractivity contribution >= 4 is 126 Å². The number of thiol groups is 1. The van der Waals surface area contributed by atoms with E-state index in [1.165, 1.54) is 32.3 Å². The van der Waals surface area contributed by atoms with E-state index in [0.717, 1.165) is 81.1 Å². The minimum Gasteiger partial charge on any atom is -0.310 e. The molecule has 0 amide bonds. The molecule has 0 unspecified atom stereocenters. The van der Waals surface area contributed by atoms with Crippen LogP contribution in [0.5, 0.6) is 0 Å². The van der Waals surface area contributed by atoms with E-state index in [1.54, 1.807) is 0 Å². The van der Waals surface area contributed by atoms with Gasteiger partial charge in [0.15, 0.2) is 0 Å². The van der Waals surface area contributed by atoms with Gasteiger partial charge in [0.25, 0.3) is 0 Å². The molecule has 0 aliphatic rings. The average Bonchev–Trinajstić information content (AvgIpc) is 3.46. The Hall–Kier alpha value is -8.04. The van der Waals surface area contributed by atoms with Gasteiger partial charge in [0.05, 0.1) is 17.1 Å². The summed E-state index contributed by atoms with van der Waals surface area (Å²) in [7, 11) is 3.50. The van der Waals surface area contributed by atoms with Gasteiger partial charge in [-0.2, -0.15) is 0 Å². The molecule has 0 heterocycles. The molecule has 11 aromatic rings. The molecule has 0 bridgehead atoms. The van der Waals surface area contributed by atoms with E-state index in [2.05, 4.69) is 310 Å². The lowest BCUT2D eigenvalue weighted by Crippen LogP contribution is -2.16. The van der Waals surface area contributed by atoms with Crippen LogP contribution in [0.3, 0.4) is 0 Å². The molecule has 11 rings (SSSR count). The fraction of sp³-hybridized carbons (Fsp3) is 0.0448. The van der Waals surface area contributed by atoms with E-state index in [1.807, 2.05) is 27.3 Å². The maximum atomic E-state index is 4.31. The molecule has 4 nitrogen and oxygen atoms in total. The lowest BCUT2D eigenvalue weighted by atomic mass is 10.1. The lowest BCUT2D eigenvalue weighted by molar-refractivity contribution is 0.947. The molecule has 0 fully saturated rings. The number of nitrogens with zero attached hydrogens (tertiary/aromatic N) is 4. The Morgan fingerprint density at radius 3 is 1.04 bits per heavy atom. The zero-order valence-electron chi connectivity index (χ0n) is 40.7. The van der Waals surface area contributed by atoms with Crippen molar-refractivity contribution in [3.63, 3.8) is 0 Å². The van der Waals surface area contributed by atoms with Gasteiger partial charge in [0, 0.05) is 67.4 Å². The smallest absolute Gasteiger partial charge is 0.0540 e. The predicted octanol–water partition coefficient (Wildman–Crippen LogP) is 20.8. The maximum Gasteiger partial charge on any atom is 0.0540 e. The number of para-hydroxylation sites is 2. The number of fused-ring (bicyclic) bond motifs is 3. The first-order chi connectivity index (χ1) is 36.2. The standard InChI is InChI=1S/C67H54N4.HIS/c1-3-5-27-53(4-2)69(65-35-18-24-50-21-12-15-32-62(50)65)59-44-38-56(39-45-59)68(57-40-46-60(47-41-57)70(54-28-8-6-9-29-54)66-36-19-25-51-22-13-16-33-63(51)66)58-42-48-61(49-43-58)71(55-30-10-7-11-31-55)67-37-20-26-52-23-14-17-34-64(52)67;1-2/h4,6-49H,2-3,5H2,1H3;2H/b53-27+;. The Kier molecular flexibility index (Phi) is 15.3. The Morgan fingerprint density at radius 1 is 0.356 bits per heavy atom. The molecule has 0 saturated carbocycles. The van der Waals surface area contributed by atoms with Crippen LogP contribution >= 0.6 is 31.0 Å². The monoisotopic (exact) mass is 1070 g/mol. The summed E-state index contributed by atoms with van der Waals surface area (Å²) in [6.45, 7) is 6.53. The van der Waals surface area contributed by atoms with Gasteiger partial charge in [0.1, 0.15) is 0 Å². The fourth-order valence-corrected chi connectivity index (χ4v) is 9.90. The van der Waals surface area contributed by atoms with Crippen molar-refractivity contribution in [2.75, 3.05) is 19.6 Å². The molecule has 11 aromatic carbocycles. The summed E-state index contributed by atoms with van der Waals surface area (Å²) in [5.41, 5.74) is 12.9. The average molecular weight is 1080 g/mol. The molecule has 73 heavy (non-hydrogen) atoms. The highest BCUT2D eigenvalue weighted by Crippen LogP contribution is 2.45. The minimum absolute atomic E-state index is 0.949. The van der Waals surface area contributed by atoms with Crippen molar-refractivity contribution in [3.05, 3.63) is 285 Å². The topological polar surface area (TPSA) is 13.0 Å². The molecule has 0 radical (unpaired) electrons. The Morgan fingerprint density at radius 2 is 0.658 bits per heavy atom. The molecule has 0 spiro atoms. The highest BCUT2D eigenvalue weighted by atomic mass is 127. The molecule has 0 atom stereocenters. The van der Waals surface area contributed by atoms with Gasteiger partial charge in [-0.25, -0.2) is 0 Å². The number of unbranched alkanes of at least 4 members (excludes halogenated alkanes) is 1. The molecular weight excluding hydrogens is 1020 g/mol. The zero-order chi connectivity index (χ0) is 49.9. The highest BCUT2D eigenvalue weighted by Gasteiger charge is 2.21. The molecule has 0 aliphatic heterocycles. The van der Waals surface area contributed by atoms with Gasteiger partial charge in [-0.05, 0) is 165 Å². The first-order valence-corrected chi connectivity index (χ1v) is 27.9. The maximum absolute atomic E-state index is 4.31. The Balaban J connectivity index is 0.00000302. The van der Waals surface area contributed by atoms with Crippen molar-refractivity contribution in [1.29, 1.82) is 0 Å². The number of hydrogen-bond donors (Lipinski definition) is 1. The van der Waals surface area contributed by atoms with Crippen LogP contribution in [0.4, 0.5) is 62.6 Å². The SMILES string of the molecule is C=C/C(=C\CCC)N(c1ccc(N(c2ccc(N(c3ccccc3)c3cccc4ccccc34)cc2)c2ccc(N(c3ccccc3)c3cccc4ccccc34)cc2)cc1)c1cccc2ccccc12.SI. The highest BCUT2D eigenvalue weighted by molar-refractivity contribution is 14.2. The second-order valence-corrected chi connectivity index (χ2v) is 17.7. The zero-order valence-corrected chi connectivity index (χ0v) is 43.8. The van der Waals surface area contributed by atoms with Crippen LogP contribution in [0.1, 0.15) is 19.8 Å². The first kappa shape index (κ1) is 48.6. The van der Waals surface area contributed by atoms with Gasteiger partial charge in [-0.3, -0.25) is 0 Å². The summed E-state index contributed by atoms with van der Waals surface area (Å²) in [6.07, 6.45) is 6.27. The summed E-state index contributed by atoms with van der Waals surface area (Å²) in [5, 5.41) is 7.17. The molecule has 0 aromatic heterocycles. The molecule has 356 valence electrons. The minimum atomic E-state index is 0.949. The van der Waals surface area contributed by atoms with Crippen molar-refractivity contribution in [1.82, 2.24) is 0 Å². The third-order valence-corrected chi connectivity index (χ3v) is 13.3. The quantitative estimate of drug-likeness (QED) is 0.0624. The van der Waals surface area contributed by atoms with Gasteiger partial charge in [-0.1, -0.05) is 172 Å². The van der Waals surface area contributed by atoms with Gasteiger partial charge in [-0.15, -0.1) is 9.80 Å². The van der Waals surface area contributed by atoms with E-state index in [0.29, 0.717) is 0 Å². The van der Waals surface area contributed by atoms with Crippen LogP contribution in [0.25, 0.3) is 32.3 Å². The summed E-state index contributed by atoms with van der Waals surface area (Å²) in [6, 6.07) is 93.7. The molecule has 0 saturated heterocycles. The third-order valence-electron chi connectivity index (χ3n) is 13.3. The fourth-order valence-electron chi connectivity index (χ4n) is 9.90. The molecular formula is C67H55IN4S. The Labute approximate surface area is 447 Å². The summed E-state index contributed by atoms with van der Waals surface area (Å²) < 4.78 is 0. The number of rotatable bonds is 15. The number of anilines is 11. The summed E-state index contributed by atoms with van der Waals surface area (Å²) >= 11 is 1.84. The van der Waals surface area contributed by atoms with E-state index in [4.69, 9.17) is 0 Å². The predicted molar refractivity (Wildman–Crippen MR) is 328 cm³/mol. The normalized spacial score (nSPS) is 11.2. The van der Waals surface area contributed by atoms with Gasteiger partial charge >= 0.3 is 0 Å². The third kappa shape index (κ3) is 10.2. The lowest BCUT2D eigenvalue weighted by Gasteiger charge is -2.31. The number of halogens is 1. The van der Waals surface area contributed by atoms with E-state index in [-0.39, 0.29) is 0 Å². The van der Waals surface area contributed by atoms with Crippen LogP contribution in [0, 0.1) is 0 Å². The number of allylic oxidation sites excluding steroid dienone is 2. The molecule has 6 heteroatoms. The van der Waals surface area contributed by atoms with E-state index >= 15 is 0 Å². The second kappa shape index (κ2) is 23.0. The van der Waals surface area contributed by atoms with Crippen LogP contribution in [-0.2, 0) is 0 Å². The number of hydrogen-bond acceptors (Lipinski definition) is 5. The van der Waals surface area contributed by atoms with Crippen molar-refractivity contribution in [2.45, 2.75) is 19.8 Å². The van der Waals surface area contributed by atoms with E-state index < -0.39 is 0 Å². The van der Waals surface area contributed by atoms with Gasteiger partial charge in [0.2, 0.25) is 0 Å². The summed E-state index contributed by atoms with van der Waals surface area (Å²) in [4.78, 5) is 9.42. The first-order valence-electron chi connectivity index (χ1n) is 24.7. The Bertz CT molecular complexity index is 3450. The van der Waals surface area contributed by atoms with Gasteiger partial charge < -0.3 is 19.6 Å². The largest absolute Gasteiger partial charge is 0.310 e. The number of benzene rings is 11. The van der Waals surface area contributed by atoms with Crippen molar-refractivity contribution in [2.24, 2.45) is 0 Å². The van der Waals surface area contributed by atoms with Crippen LogP contribution < -0.4 is 19.6 Å². The van der Waals surface area contributed by atoms with Crippen molar-refractivity contribution < 1.29 is 0 Å². The van der Waals surface area contributed by atoms with Crippen LogP contribution in [0.2, 0.25) is 0 Å². The van der Waals surface area contributed by atoms with E-state index in [9.17, 15) is 0 Å². The second-order valence-electron chi connectivity index (χ2n) is 17.7. The van der Waals surface area contributed by atoms with Crippen LogP contribution in [-0.4, -0.2) is 0 Å². The van der Waals surface area contributed by atoms with Crippen LogP contribution in [0.15, 0.2) is 285 Å².